The maximum Gasteiger partial charge on any atom is 0.242 e. The molecule has 1 heterocycles. The van der Waals surface area contributed by atoms with Crippen LogP contribution in [0.4, 0.5) is 5.69 Å². The van der Waals surface area contributed by atoms with Gasteiger partial charge < -0.3 is 9.80 Å². The van der Waals surface area contributed by atoms with Crippen LogP contribution in [0.3, 0.4) is 0 Å². The van der Waals surface area contributed by atoms with Crippen molar-refractivity contribution in [2.45, 2.75) is 44.6 Å². The van der Waals surface area contributed by atoms with Gasteiger partial charge in [0.05, 0.1) is 6.54 Å². The number of hydrogen-bond acceptors (Lipinski definition) is 2. The molecule has 2 aliphatic rings. The van der Waals surface area contributed by atoms with Gasteiger partial charge in [0.15, 0.2) is 0 Å². The van der Waals surface area contributed by atoms with Crippen molar-refractivity contribution in [2.24, 2.45) is 0 Å². The molecular formula is C17H24N2O. The van der Waals surface area contributed by atoms with Crippen molar-refractivity contribution < 1.29 is 4.79 Å². The molecule has 3 rings (SSSR count). The third-order valence-corrected chi connectivity index (χ3v) is 4.83. The number of benzene rings is 1. The van der Waals surface area contributed by atoms with Gasteiger partial charge in [-0.3, -0.25) is 4.79 Å². The molecular weight excluding hydrogens is 248 g/mol. The number of para-hydroxylation sites is 1. The number of likely N-dealkylation sites (N-methyl/N-ethyl adjacent to an activating group) is 1. The second-order valence-electron chi connectivity index (χ2n) is 6.10. The van der Waals surface area contributed by atoms with Crippen LogP contribution >= 0.6 is 0 Å². The third-order valence-electron chi connectivity index (χ3n) is 4.83. The molecule has 1 aromatic rings. The molecule has 1 saturated carbocycles. The van der Waals surface area contributed by atoms with E-state index in [0.29, 0.717) is 12.6 Å². The minimum Gasteiger partial charge on any atom is -0.362 e. The summed E-state index contributed by atoms with van der Waals surface area (Å²) in [5.41, 5.74) is 2.62. The summed E-state index contributed by atoms with van der Waals surface area (Å²) in [4.78, 5) is 16.7. The molecule has 3 heteroatoms. The number of fused-ring (bicyclic) bond motifs is 1. The molecule has 1 fully saturated rings. The maximum absolute atomic E-state index is 12.5. The lowest BCUT2D eigenvalue weighted by Gasteiger charge is -2.32. The summed E-state index contributed by atoms with van der Waals surface area (Å²) in [6.07, 6.45) is 7.30. The van der Waals surface area contributed by atoms with Gasteiger partial charge in [-0.15, -0.1) is 0 Å². The fourth-order valence-corrected chi connectivity index (χ4v) is 3.52. The first kappa shape index (κ1) is 13.5. The van der Waals surface area contributed by atoms with Crippen LogP contribution in [-0.2, 0) is 11.2 Å². The Bertz CT molecular complexity index is 480. The zero-order chi connectivity index (χ0) is 13.9. The van der Waals surface area contributed by atoms with Crippen LogP contribution in [0.5, 0.6) is 0 Å². The van der Waals surface area contributed by atoms with Gasteiger partial charge in [-0.2, -0.15) is 0 Å². The summed E-state index contributed by atoms with van der Waals surface area (Å²) in [5, 5.41) is 0. The predicted molar refractivity (Wildman–Crippen MR) is 82.0 cm³/mol. The Balaban J connectivity index is 1.62. The van der Waals surface area contributed by atoms with Gasteiger partial charge in [-0.1, -0.05) is 37.5 Å². The Morgan fingerprint density at radius 1 is 1.25 bits per heavy atom. The molecule has 1 aliphatic heterocycles. The first-order valence-electron chi connectivity index (χ1n) is 7.84. The van der Waals surface area contributed by atoms with Crippen molar-refractivity contribution in [1.29, 1.82) is 0 Å². The monoisotopic (exact) mass is 272 g/mol. The third kappa shape index (κ3) is 2.67. The zero-order valence-corrected chi connectivity index (χ0v) is 12.3. The molecule has 0 spiro atoms. The van der Waals surface area contributed by atoms with Crippen LogP contribution < -0.4 is 4.90 Å². The van der Waals surface area contributed by atoms with Crippen LogP contribution in [0.15, 0.2) is 24.3 Å². The van der Waals surface area contributed by atoms with Crippen molar-refractivity contribution in [3.63, 3.8) is 0 Å². The van der Waals surface area contributed by atoms with Crippen molar-refractivity contribution in [2.75, 3.05) is 25.0 Å². The van der Waals surface area contributed by atoms with Crippen LogP contribution in [-0.4, -0.2) is 37.0 Å². The molecule has 3 nitrogen and oxygen atoms in total. The number of nitrogens with zero attached hydrogens (tertiary/aromatic N) is 2. The molecule has 1 aromatic carbocycles. The van der Waals surface area contributed by atoms with E-state index in [1.54, 1.807) is 0 Å². The quantitative estimate of drug-likeness (QED) is 0.844. The molecule has 0 N–H and O–H groups in total. The van der Waals surface area contributed by atoms with E-state index in [-0.39, 0.29) is 5.91 Å². The number of hydrogen-bond donors (Lipinski definition) is 0. The summed E-state index contributed by atoms with van der Waals surface area (Å²) in [6.45, 7) is 1.51. The lowest BCUT2D eigenvalue weighted by molar-refractivity contribution is -0.131. The summed E-state index contributed by atoms with van der Waals surface area (Å²) < 4.78 is 0. The Hall–Kier alpha value is -1.51. The van der Waals surface area contributed by atoms with Gasteiger partial charge >= 0.3 is 0 Å². The normalized spacial score (nSPS) is 18.9. The van der Waals surface area contributed by atoms with Gasteiger partial charge in [0.1, 0.15) is 0 Å². The first-order valence-corrected chi connectivity index (χ1v) is 7.84. The molecule has 20 heavy (non-hydrogen) atoms. The Labute approximate surface area is 121 Å². The van der Waals surface area contributed by atoms with Crippen LogP contribution in [0.1, 0.15) is 37.7 Å². The number of anilines is 1. The largest absolute Gasteiger partial charge is 0.362 e. The van der Waals surface area contributed by atoms with Gasteiger partial charge in [-0.05, 0) is 30.9 Å². The summed E-state index contributed by atoms with van der Waals surface area (Å²) in [5.74, 6) is 0.272. The van der Waals surface area contributed by atoms with E-state index in [0.717, 1.165) is 13.0 Å². The van der Waals surface area contributed by atoms with Gasteiger partial charge in [0, 0.05) is 25.3 Å². The average Bonchev–Trinajstić information content (AvgIpc) is 2.91. The van der Waals surface area contributed by atoms with Crippen LogP contribution in [0.2, 0.25) is 0 Å². The Kier molecular flexibility index (Phi) is 3.95. The lowest BCUT2D eigenvalue weighted by Crippen LogP contribution is -2.43. The van der Waals surface area contributed by atoms with E-state index >= 15 is 0 Å². The summed E-state index contributed by atoms with van der Waals surface area (Å²) in [7, 11) is 1.99. The number of carbonyl (C=O) groups excluding carboxylic acids is 1. The van der Waals surface area contributed by atoms with Crippen LogP contribution in [0.25, 0.3) is 0 Å². The Morgan fingerprint density at radius 3 is 2.80 bits per heavy atom. The molecule has 0 saturated heterocycles. The van der Waals surface area contributed by atoms with E-state index in [1.165, 1.54) is 43.4 Å². The molecule has 0 unspecified atom stereocenters. The van der Waals surface area contributed by atoms with Crippen molar-refractivity contribution in [3.8, 4) is 0 Å². The predicted octanol–water partition coefficient (Wildman–Crippen LogP) is 2.84. The SMILES string of the molecule is CN(C(=O)CN1CCc2ccccc21)C1CCCCC1. The fourth-order valence-electron chi connectivity index (χ4n) is 3.52. The standard InChI is InChI=1S/C17H24N2O/c1-18(15-8-3-2-4-9-15)17(20)13-19-12-11-14-7-5-6-10-16(14)19/h5-7,10,15H,2-4,8-9,11-13H2,1H3. The van der Waals surface area contributed by atoms with Crippen molar-refractivity contribution in [1.82, 2.24) is 4.90 Å². The van der Waals surface area contributed by atoms with E-state index in [4.69, 9.17) is 0 Å². The number of carbonyl (C=O) groups is 1. The van der Waals surface area contributed by atoms with Crippen LogP contribution in [0, 0.1) is 0 Å². The van der Waals surface area contributed by atoms with Gasteiger partial charge in [0.25, 0.3) is 0 Å². The van der Waals surface area contributed by atoms with E-state index in [9.17, 15) is 4.79 Å². The molecule has 1 aliphatic carbocycles. The topological polar surface area (TPSA) is 23.6 Å². The molecule has 0 atom stereocenters. The lowest BCUT2D eigenvalue weighted by atomic mass is 9.94. The highest BCUT2D eigenvalue weighted by molar-refractivity contribution is 5.82. The second-order valence-corrected chi connectivity index (χ2v) is 6.10. The fraction of sp³-hybridized carbons (Fsp3) is 0.588. The highest BCUT2D eigenvalue weighted by Crippen LogP contribution is 2.27. The van der Waals surface area contributed by atoms with Gasteiger partial charge in [-0.25, -0.2) is 0 Å². The van der Waals surface area contributed by atoms with E-state index < -0.39 is 0 Å². The van der Waals surface area contributed by atoms with Gasteiger partial charge in [0.2, 0.25) is 5.91 Å². The molecule has 0 aromatic heterocycles. The van der Waals surface area contributed by atoms with E-state index in [2.05, 4.69) is 29.2 Å². The minimum atomic E-state index is 0.272. The number of amides is 1. The summed E-state index contributed by atoms with van der Waals surface area (Å²) >= 11 is 0. The minimum absolute atomic E-state index is 0.272. The van der Waals surface area contributed by atoms with Crippen molar-refractivity contribution in [3.05, 3.63) is 29.8 Å². The zero-order valence-electron chi connectivity index (χ0n) is 12.3. The molecule has 108 valence electrons. The second kappa shape index (κ2) is 5.86. The molecule has 0 radical (unpaired) electrons. The first-order chi connectivity index (χ1) is 9.75. The van der Waals surface area contributed by atoms with Crippen molar-refractivity contribution >= 4 is 11.6 Å². The van der Waals surface area contributed by atoms with E-state index in [1.807, 2.05) is 11.9 Å². The highest BCUT2D eigenvalue weighted by Gasteiger charge is 2.26. The average molecular weight is 272 g/mol. The highest BCUT2D eigenvalue weighted by atomic mass is 16.2. The maximum atomic E-state index is 12.5. The smallest absolute Gasteiger partial charge is 0.242 e. The Morgan fingerprint density at radius 2 is 2.00 bits per heavy atom. The number of rotatable bonds is 3. The molecule has 0 bridgehead atoms. The summed E-state index contributed by atoms with van der Waals surface area (Å²) in [6, 6.07) is 8.92. The molecule has 1 amide bonds.